The van der Waals surface area contributed by atoms with Crippen molar-refractivity contribution in [2.75, 3.05) is 18.0 Å². The van der Waals surface area contributed by atoms with Gasteiger partial charge in [-0.3, -0.25) is 9.89 Å². The summed E-state index contributed by atoms with van der Waals surface area (Å²) in [6.07, 6.45) is 2.55. The maximum Gasteiger partial charge on any atom is 0.573 e. The van der Waals surface area contributed by atoms with Crippen LogP contribution in [0.5, 0.6) is 5.75 Å². The van der Waals surface area contributed by atoms with Gasteiger partial charge in [-0.05, 0) is 77.0 Å². The molecule has 6 N–H and O–H groups in total. The van der Waals surface area contributed by atoms with Crippen LogP contribution >= 0.6 is 0 Å². The van der Waals surface area contributed by atoms with Crippen molar-refractivity contribution < 1.29 is 28.1 Å². The number of nitrogens with zero attached hydrogens (tertiary/aromatic N) is 5. The fourth-order valence-corrected chi connectivity index (χ4v) is 6.26. The van der Waals surface area contributed by atoms with E-state index in [4.69, 9.17) is 11.5 Å². The lowest BCUT2D eigenvalue weighted by Crippen LogP contribution is -2.50. The van der Waals surface area contributed by atoms with Crippen LogP contribution in [0.1, 0.15) is 58.9 Å². The Kier molecular flexibility index (Phi) is 8.46. The molecule has 1 aromatic carbocycles. The summed E-state index contributed by atoms with van der Waals surface area (Å²) in [5.74, 6) is 0.254. The van der Waals surface area contributed by atoms with Crippen LogP contribution in [0, 0.1) is 11.8 Å². The lowest BCUT2D eigenvalue weighted by atomic mass is 9.75. The predicted molar refractivity (Wildman–Crippen MR) is 159 cm³/mol. The largest absolute Gasteiger partial charge is 0.573 e. The minimum absolute atomic E-state index is 0.0196. The van der Waals surface area contributed by atoms with E-state index in [1.807, 2.05) is 23.8 Å². The first-order valence-corrected chi connectivity index (χ1v) is 14.4. The molecular weight excluding hydrogens is 563 g/mol. The Bertz CT molecular complexity index is 1530. The van der Waals surface area contributed by atoms with E-state index >= 15 is 0 Å². The molecule has 13 heteroatoms. The van der Waals surface area contributed by atoms with E-state index in [1.165, 1.54) is 24.5 Å². The van der Waals surface area contributed by atoms with Gasteiger partial charge in [0.15, 0.2) is 5.76 Å². The lowest BCUT2D eigenvalue weighted by Gasteiger charge is -2.46. The van der Waals surface area contributed by atoms with Crippen molar-refractivity contribution in [1.82, 2.24) is 19.4 Å². The molecule has 0 spiro atoms. The Morgan fingerprint density at radius 2 is 1.88 bits per heavy atom. The molecule has 43 heavy (non-hydrogen) atoms. The van der Waals surface area contributed by atoms with Crippen molar-refractivity contribution in [2.24, 2.45) is 16.8 Å². The van der Waals surface area contributed by atoms with Crippen LogP contribution in [0.15, 0.2) is 53.3 Å². The number of anilines is 2. The number of rotatable bonds is 10. The highest BCUT2D eigenvalue weighted by Crippen LogP contribution is 2.42. The molecule has 2 aromatic heterocycles. The second-order valence-electron chi connectivity index (χ2n) is 11.9. The van der Waals surface area contributed by atoms with Crippen LogP contribution < -0.4 is 16.2 Å². The van der Waals surface area contributed by atoms with Gasteiger partial charge in [0.25, 0.3) is 0 Å². The number of hydrogen-bond donors (Lipinski definition) is 4. The summed E-state index contributed by atoms with van der Waals surface area (Å²) >= 11 is 0. The molecule has 1 saturated carbocycles. The minimum atomic E-state index is -4.78. The number of aromatic nitrogens is 3. The van der Waals surface area contributed by atoms with Gasteiger partial charge in [0, 0.05) is 42.5 Å². The molecule has 0 saturated heterocycles. The zero-order valence-electron chi connectivity index (χ0n) is 24.4. The van der Waals surface area contributed by atoms with Crippen molar-refractivity contribution in [1.29, 1.82) is 0 Å². The van der Waals surface area contributed by atoms with Crippen LogP contribution in [0.2, 0.25) is 0 Å². The number of aliphatic hydroxyl groups is 2. The third-order valence-corrected chi connectivity index (χ3v) is 8.58. The molecule has 2 atom stereocenters. The van der Waals surface area contributed by atoms with Gasteiger partial charge in [-0.25, -0.2) is 9.97 Å². The van der Waals surface area contributed by atoms with Crippen molar-refractivity contribution in [3.8, 4) is 5.75 Å². The monoisotopic (exact) mass is 601 g/mol. The second kappa shape index (κ2) is 11.9. The van der Waals surface area contributed by atoms with Crippen LogP contribution in [-0.2, 0) is 0 Å². The topological polar surface area (TPSA) is 148 Å². The first-order chi connectivity index (χ1) is 20.3. The quantitative estimate of drug-likeness (QED) is 0.153. The molecule has 5 rings (SSSR count). The minimum Gasteiger partial charge on any atom is -0.508 e. The van der Waals surface area contributed by atoms with Crippen molar-refractivity contribution in [3.05, 3.63) is 48.3 Å². The lowest BCUT2D eigenvalue weighted by molar-refractivity contribution is -0.274. The normalized spacial score (nSPS) is 23.0. The molecule has 3 aromatic rings. The van der Waals surface area contributed by atoms with Crippen LogP contribution in [-0.4, -0.2) is 60.4 Å². The summed E-state index contributed by atoms with van der Waals surface area (Å²) in [6.45, 7) is 6.74. The Labute approximate surface area is 247 Å². The predicted octanol–water partition coefficient (Wildman–Crippen LogP) is 6.44. The Balaban J connectivity index is 1.16. The standard InChI is InChI=1S/C30H38F3N7O3/c1-16(2)40(14-19-12-25(27(42)26(19)41)39-9-8-22-28(35)36-15-37-29(22)39)20-10-18(11-20)5-4-17(3)38-24-13-21(6-7-23(24)34)43-30(31,32)33/h6-9,13,15-16,18-20,25,41-42H,4-5,10-12,14,34H2,1-3H3,(H2,35,36,37)/t18?,19-,20?,25-/m1/s1. The molecule has 2 aliphatic carbocycles. The van der Waals surface area contributed by atoms with E-state index in [2.05, 4.69) is 38.4 Å². The average Bonchev–Trinajstić information content (AvgIpc) is 3.45. The Morgan fingerprint density at radius 1 is 1.14 bits per heavy atom. The maximum absolute atomic E-state index is 12.6. The number of aliphatic hydroxyl groups excluding tert-OH is 2. The van der Waals surface area contributed by atoms with Crippen molar-refractivity contribution in [3.63, 3.8) is 0 Å². The molecule has 0 unspecified atom stereocenters. The fraction of sp³-hybridized carbons (Fsp3) is 0.500. The fourth-order valence-electron chi connectivity index (χ4n) is 6.26. The van der Waals surface area contributed by atoms with Gasteiger partial charge in [0.05, 0.1) is 22.8 Å². The van der Waals surface area contributed by atoms with Crippen LogP contribution in [0.25, 0.3) is 11.0 Å². The number of ether oxygens (including phenoxy) is 1. The number of nitrogen functional groups attached to an aromatic ring is 2. The molecule has 232 valence electrons. The first kappa shape index (κ1) is 30.5. The average molecular weight is 602 g/mol. The highest BCUT2D eigenvalue weighted by atomic mass is 19.4. The number of halogens is 3. The smallest absolute Gasteiger partial charge is 0.508 e. The molecule has 1 fully saturated rings. The summed E-state index contributed by atoms with van der Waals surface area (Å²) in [6, 6.07) is 5.70. The van der Waals surface area contributed by atoms with Gasteiger partial charge in [-0.15, -0.1) is 13.2 Å². The summed E-state index contributed by atoms with van der Waals surface area (Å²) in [4.78, 5) is 15.2. The van der Waals surface area contributed by atoms with Gasteiger partial charge >= 0.3 is 6.36 Å². The molecule has 0 radical (unpaired) electrons. The van der Waals surface area contributed by atoms with E-state index in [9.17, 15) is 23.4 Å². The SMILES string of the molecule is CC(CCC1CC(N(C[C@H]2C[C@@H](n3ccc4c(N)ncnc43)C(O)=C2O)C(C)C)C1)=Nc1cc(OC(F)(F)F)ccc1N. The molecule has 0 bridgehead atoms. The van der Waals surface area contributed by atoms with E-state index in [1.54, 1.807) is 0 Å². The molecule has 0 amide bonds. The van der Waals surface area contributed by atoms with Gasteiger partial charge in [0.1, 0.15) is 29.3 Å². The summed E-state index contributed by atoms with van der Waals surface area (Å²) in [5.41, 5.74) is 13.8. The third-order valence-electron chi connectivity index (χ3n) is 8.58. The molecule has 2 heterocycles. The second-order valence-corrected chi connectivity index (χ2v) is 11.9. The zero-order valence-corrected chi connectivity index (χ0v) is 24.4. The summed E-state index contributed by atoms with van der Waals surface area (Å²) in [5, 5.41) is 22.5. The number of alkyl halides is 3. The third kappa shape index (κ3) is 6.66. The number of hydrogen-bond acceptors (Lipinski definition) is 9. The number of allylic oxidation sites excluding steroid dienone is 1. The summed E-state index contributed by atoms with van der Waals surface area (Å²) in [7, 11) is 0. The van der Waals surface area contributed by atoms with E-state index in [-0.39, 0.29) is 40.6 Å². The number of fused-ring (bicyclic) bond motifs is 1. The first-order valence-electron chi connectivity index (χ1n) is 14.4. The molecule has 2 aliphatic rings. The van der Waals surface area contributed by atoms with Gasteiger partial charge in [-0.2, -0.15) is 0 Å². The molecular formula is C30H38F3N7O3. The summed E-state index contributed by atoms with van der Waals surface area (Å²) < 4.78 is 43.6. The highest BCUT2D eigenvalue weighted by molar-refractivity contribution is 5.87. The number of nitrogens with two attached hydrogens (primary N) is 2. The Morgan fingerprint density at radius 3 is 2.58 bits per heavy atom. The molecule has 10 nitrogen and oxygen atoms in total. The van der Waals surface area contributed by atoms with Crippen molar-refractivity contribution in [2.45, 2.75) is 77.4 Å². The van der Waals surface area contributed by atoms with Crippen LogP contribution in [0.3, 0.4) is 0 Å². The zero-order chi connectivity index (χ0) is 31.1. The van der Waals surface area contributed by atoms with Crippen molar-refractivity contribution >= 4 is 33.9 Å². The number of benzene rings is 1. The number of aliphatic imine (C=N–C) groups is 1. The van der Waals surface area contributed by atoms with Gasteiger partial charge < -0.3 is 31.0 Å². The molecule has 0 aliphatic heterocycles. The highest BCUT2D eigenvalue weighted by Gasteiger charge is 2.41. The van der Waals surface area contributed by atoms with Gasteiger partial charge in [0.2, 0.25) is 0 Å². The maximum atomic E-state index is 12.6. The van der Waals surface area contributed by atoms with Crippen LogP contribution in [0.4, 0.5) is 30.4 Å². The van der Waals surface area contributed by atoms with Gasteiger partial charge in [-0.1, -0.05) is 0 Å². The van der Waals surface area contributed by atoms with E-state index in [0.717, 1.165) is 25.0 Å². The Hall–Kier alpha value is -4.00. The van der Waals surface area contributed by atoms with E-state index in [0.29, 0.717) is 48.2 Å². The van der Waals surface area contributed by atoms with E-state index < -0.39 is 12.4 Å².